The molecule has 178 valence electrons. The highest BCUT2D eigenvalue weighted by atomic mass is 35.5. The maximum Gasteiger partial charge on any atom is 0.227 e. The third-order valence-corrected chi connectivity index (χ3v) is 7.02. The molecule has 8 nitrogen and oxygen atoms in total. The van der Waals surface area contributed by atoms with Crippen molar-refractivity contribution in [1.29, 1.82) is 0 Å². The molecule has 2 N–H and O–H groups in total. The van der Waals surface area contributed by atoms with Crippen molar-refractivity contribution < 1.29 is 22.7 Å². The molecule has 0 bridgehead atoms. The van der Waals surface area contributed by atoms with Gasteiger partial charge in [0.2, 0.25) is 21.8 Å². The van der Waals surface area contributed by atoms with Crippen LogP contribution in [0.4, 0.5) is 5.69 Å². The van der Waals surface area contributed by atoms with Gasteiger partial charge in [-0.05, 0) is 43.2 Å². The van der Waals surface area contributed by atoms with E-state index >= 15 is 0 Å². The van der Waals surface area contributed by atoms with E-state index in [1.807, 2.05) is 0 Å². The molecule has 1 aliphatic heterocycles. The van der Waals surface area contributed by atoms with Gasteiger partial charge in [-0.1, -0.05) is 35.9 Å². The van der Waals surface area contributed by atoms with Gasteiger partial charge in [-0.15, -0.1) is 0 Å². The van der Waals surface area contributed by atoms with Crippen molar-refractivity contribution in [3.8, 4) is 5.75 Å². The second-order valence-electron chi connectivity index (χ2n) is 8.24. The summed E-state index contributed by atoms with van der Waals surface area (Å²) in [6, 6.07) is 11.8. The number of carbonyl (C=O) groups is 2. The van der Waals surface area contributed by atoms with Gasteiger partial charge in [-0.25, -0.2) is 13.1 Å². The van der Waals surface area contributed by atoms with Crippen LogP contribution in [0.3, 0.4) is 0 Å². The molecule has 1 saturated heterocycles. The van der Waals surface area contributed by atoms with E-state index < -0.39 is 15.9 Å². The van der Waals surface area contributed by atoms with Crippen LogP contribution in [0.2, 0.25) is 5.02 Å². The van der Waals surface area contributed by atoms with Crippen molar-refractivity contribution in [2.75, 3.05) is 18.6 Å². The molecule has 0 aliphatic carbocycles. The summed E-state index contributed by atoms with van der Waals surface area (Å²) in [4.78, 5) is 26.9. The molecule has 1 fully saturated rings. The largest absolute Gasteiger partial charge is 0.495 e. The van der Waals surface area contributed by atoms with Crippen molar-refractivity contribution in [2.24, 2.45) is 5.92 Å². The number of carbonyl (C=O) groups excluding carboxylic acids is 2. The highest BCUT2D eigenvalue weighted by molar-refractivity contribution is 7.88. The van der Waals surface area contributed by atoms with Gasteiger partial charge in [0, 0.05) is 30.6 Å². The Morgan fingerprint density at radius 2 is 1.91 bits per heavy atom. The van der Waals surface area contributed by atoms with E-state index in [9.17, 15) is 18.0 Å². The molecule has 1 heterocycles. The van der Waals surface area contributed by atoms with Crippen LogP contribution in [0.1, 0.15) is 31.4 Å². The molecule has 3 rings (SSSR count). The van der Waals surface area contributed by atoms with Gasteiger partial charge < -0.3 is 15.0 Å². The van der Waals surface area contributed by atoms with Crippen molar-refractivity contribution in [2.45, 2.75) is 38.6 Å². The maximum atomic E-state index is 12.8. The molecule has 2 aromatic rings. The first-order chi connectivity index (χ1) is 15.6. The molecule has 2 aromatic carbocycles. The van der Waals surface area contributed by atoms with E-state index in [-0.39, 0.29) is 43.1 Å². The number of ether oxygens (including phenoxy) is 1. The molecule has 10 heteroatoms. The minimum Gasteiger partial charge on any atom is -0.495 e. The average Bonchev–Trinajstić information content (AvgIpc) is 3.13. The average molecular weight is 494 g/mol. The lowest BCUT2D eigenvalue weighted by atomic mass is 10.1. The fourth-order valence-corrected chi connectivity index (χ4v) is 5.45. The van der Waals surface area contributed by atoms with Gasteiger partial charge in [0.25, 0.3) is 0 Å². The van der Waals surface area contributed by atoms with Crippen molar-refractivity contribution in [3.63, 3.8) is 0 Å². The number of nitrogens with zero attached hydrogens (tertiary/aromatic N) is 1. The summed E-state index contributed by atoms with van der Waals surface area (Å²) in [5.74, 6) is -0.688. The molecular weight excluding hydrogens is 466 g/mol. The van der Waals surface area contributed by atoms with E-state index in [1.54, 1.807) is 56.3 Å². The maximum absolute atomic E-state index is 12.8. The zero-order chi connectivity index (χ0) is 24.2. The first-order valence-electron chi connectivity index (χ1n) is 10.6. The first kappa shape index (κ1) is 25.0. The lowest BCUT2D eigenvalue weighted by Gasteiger charge is -2.20. The standard InChI is InChI=1S/C23H28ClN3O5S/c1-15(2)26-33(30,31)14-17-7-5-4-6-16(17)12-25-23(29)18-10-22(28)27(13-18)20-11-19(24)8-9-21(20)32-3/h4-9,11,15,18,26H,10,12-14H2,1-3H3,(H,25,29)/t18-/m0/s1. The lowest BCUT2D eigenvalue weighted by Crippen LogP contribution is -2.33. The minimum absolute atomic E-state index is 0.0653. The van der Waals surface area contributed by atoms with Crippen LogP contribution < -0.4 is 19.7 Å². The molecule has 0 saturated carbocycles. The van der Waals surface area contributed by atoms with E-state index in [2.05, 4.69) is 10.0 Å². The number of rotatable bonds is 9. The number of hydrogen-bond donors (Lipinski definition) is 2. The normalized spacial score (nSPS) is 16.3. The predicted octanol–water partition coefficient (Wildman–Crippen LogP) is 2.85. The Morgan fingerprint density at radius 1 is 1.21 bits per heavy atom. The van der Waals surface area contributed by atoms with Gasteiger partial charge in [-0.2, -0.15) is 0 Å². The van der Waals surface area contributed by atoms with Crippen LogP contribution in [0, 0.1) is 5.92 Å². The third-order valence-electron chi connectivity index (χ3n) is 5.26. The fraction of sp³-hybridized carbons (Fsp3) is 0.391. The molecule has 0 aromatic heterocycles. The number of amides is 2. The summed E-state index contributed by atoms with van der Waals surface area (Å²) in [5.41, 5.74) is 1.84. The summed E-state index contributed by atoms with van der Waals surface area (Å²) >= 11 is 6.08. The third kappa shape index (κ3) is 6.46. The van der Waals surface area contributed by atoms with E-state index in [1.165, 1.54) is 12.0 Å². The predicted molar refractivity (Wildman–Crippen MR) is 128 cm³/mol. The Hall–Kier alpha value is -2.62. The summed E-state index contributed by atoms with van der Waals surface area (Å²) < 4.78 is 32.6. The molecule has 33 heavy (non-hydrogen) atoms. The number of sulfonamides is 1. The van der Waals surface area contributed by atoms with Gasteiger partial charge in [0.05, 0.1) is 24.5 Å². The second kappa shape index (κ2) is 10.5. The Bertz CT molecular complexity index is 1140. The Labute approximate surface area is 199 Å². The second-order valence-corrected chi connectivity index (χ2v) is 10.4. The topological polar surface area (TPSA) is 105 Å². The van der Waals surface area contributed by atoms with Gasteiger partial charge in [-0.3, -0.25) is 9.59 Å². The summed E-state index contributed by atoms with van der Waals surface area (Å²) in [7, 11) is -2.00. The Kier molecular flexibility index (Phi) is 7.99. The quantitative estimate of drug-likeness (QED) is 0.559. The van der Waals surface area contributed by atoms with Crippen molar-refractivity contribution in [3.05, 3.63) is 58.6 Å². The first-order valence-corrected chi connectivity index (χ1v) is 12.6. The van der Waals surface area contributed by atoms with Crippen LogP contribution >= 0.6 is 11.6 Å². The molecule has 1 atom stereocenters. The smallest absolute Gasteiger partial charge is 0.227 e. The van der Waals surface area contributed by atoms with Crippen LogP contribution in [0.15, 0.2) is 42.5 Å². The van der Waals surface area contributed by atoms with Crippen LogP contribution in [0.5, 0.6) is 5.75 Å². The highest BCUT2D eigenvalue weighted by Gasteiger charge is 2.36. The molecular formula is C23H28ClN3O5S. The number of hydrogen-bond acceptors (Lipinski definition) is 5. The zero-order valence-electron chi connectivity index (χ0n) is 18.8. The molecule has 0 spiro atoms. The molecule has 0 radical (unpaired) electrons. The highest BCUT2D eigenvalue weighted by Crippen LogP contribution is 2.35. The van der Waals surface area contributed by atoms with Crippen molar-refractivity contribution in [1.82, 2.24) is 10.0 Å². The Morgan fingerprint density at radius 3 is 2.58 bits per heavy atom. The van der Waals surface area contributed by atoms with Crippen LogP contribution in [0.25, 0.3) is 0 Å². The minimum atomic E-state index is -3.50. The number of anilines is 1. The van der Waals surface area contributed by atoms with E-state index in [0.717, 1.165) is 0 Å². The van der Waals surface area contributed by atoms with Gasteiger partial charge in [0.1, 0.15) is 5.75 Å². The molecule has 0 unspecified atom stereocenters. The summed E-state index contributed by atoms with van der Waals surface area (Å²) in [6.45, 7) is 3.89. The van der Waals surface area contributed by atoms with E-state index in [4.69, 9.17) is 16.3 Å². The lowest BCUT2D eigenvalue weighted by molar-refractivity contribution is -0.126. The van der Waals surface area contributed by atoms with Crippen molar-refractivity contribution >= 4 is 39.1 Å². The zero-order valence-corrected chi connectivity index (χ0v) is 20.4. The molecule has 2 amide bonds. The number of benzene rings is 2. The fourth-order valence-electron chi connectivity index (χ4n) is 3.79. The number of methoxy groups -OCH3 is 1. The number of halogens is 1. The van der Waals surface area contributed by atoms with E-state index in [0.29, 0.717) is 27.6 Å². The SMILES string of the molecule is COc1ccc(Cl)cc1N1C[C@@H](C(=O)NCc2ccccc2CS(=O)(=O)NC(C)C)CC1=O. The van der Waals surface area contributed by atoms with Crippen LogP contribution in [-0.2, 0) is 31.9 Å². The monoisotopic (exact) mass is 493 g/mol. The van der Waals surface area contributed by atoms with Gasteiger partial charge in [0.15, 0.2) is 0 Å². The number of nitrogens with one attached hydrogen (secondary N) is 2. The van der Waals surface area contributed by atoms with Crippen LogP contribution in [-0.4, -0.2) is 39.9 Å². The molecule has 1 aliphatic rings. The Balaban J connectivity index is 1.67. The van der Waals surface area contributed by atoms with Gasteiger partial charge >= 0.3 is 0 Å². The summed E-state index contributed by atoms with van der Waals surface area (Å²) in [5, 5.41) is 3.31. The summed E-state index contributed by atoms with van der Waals surface area (Å²) in [6.07, 6.45) is 0.0653.